The van der Waals surface area contributed by atoms with Gasteiger partial charge in [0.25, 0.3) is 0 Å². The lowest BCUT2D eigenvalue weighted by Crippen LogP contribution is -2.38. The number of hydrogen-bond donors (Lipinski definition) is 1. The number of aliphatic imine (C=N–C) groups is 1. The van der Waals surface area contributed by atoms with E-state index >= 15 is 0 Å². The van der Waals surface area contributed by atoms with E-state index in [4.69, 9.17) is 5.73 Å². The Kier molecular flexibility index (Phi) is 6.76. The van der Waals surface area contributed by atoms with Crippen LogP contribution in [0.3, 0.4) is 0 Å². The molecule has 0 spiro atoms. The summed E-state index contributed by atoms with van der Waals surface area (Å²) in [5.41, 5.74) is 6.14. The third kappa shape index (κ3) is 6.45. The van der Waals surface area contributed by atoms with Crippen molar-refractivity contribution in [2.24, 2.45) is 16.1 Å². The standard InChI is InChI=1S/C12H26N4.HI/c1-12(2,9-15(3)4)8-14-11(13)16(5)10-6-7-10;/h10H,6-9H2,1-5H3,(H2,13,14);1H. The monoisotopic (exact) mass is 354 g/mol. The normalized spacial score (nSPS) is 16.9. The maximum absolute atomic E-state index is 5.96. The molecule has 2 N–H and O–H groups in total. The maximum Gasteiger partial charge on any atom is 0.191 e. The molecule has 1 aliphatic carbocycles. The van der Waals surface area contributed by atoms with Crippen LogP contribution in [0.25, 0.3) is 0 Å². The second-order valence-electron chi connectivity index (χ2n) is 5.92. The van der Waals surface area contributed by atoms with Crippen LogP contribution in [-0.2, 0) is 0 Å². The van der Waals surface area contributed by atoms with Crippen LogP contribution < -0.4 is 5.73 Å². The Bertz CT molecular complexity index is 259. The van der Waals surface area contributed by atoms with Gasteiger partial charge in [-0.2, -0.15) is 0 Å². The largest absolute Gasteiger partial charge is 0.370 e. The van der Waals surface area contributed by atoms with E-state index in [0.29, 0.717) is 12.0 Å². The van der Waals surface area contributed by atoms with Crippen molar-refractivity contribution in [1.82, 2.24) is 9.80 Å². The Morgan fingerprint density at radius 2 is 1.82 bits per heavy atom. The van der Waals surface area contributed by atoms with Crippen molar-refractivity contribution in [3.63, 3.8) is 0 Å². The van der Waals surface area contributed by atoms with Crippen LogP contribution in [0, 0.1) is 5.41 Å². The summed E-state index contributed by atoms with van der Waals surface area (Å²) in [5, 5.41) is 0. The number of guanidine groups is 1. The van der Waals surface area contributed by atoms with Gasteiger partial charge in [0.1, 0.15) is 0 Å². The van der Waals surface area contributed by atoms with Crippen LogP contribution in [-0.4, -0.2) is 56.0 Å². The second kappa shape index (κ2) is 6.78. The number of halogens is 1. The van der Waals surface area contributed by atoms with E-state index < -0.39 is 0 Å². The second-order valence-corrected chi connectivity index (χ2v) is 5.92. The minimum absolute atomic E-state index is 0. The Balaban J connectivity index is 0.00000256. The van der Waals surface area contributed by atoms with Crippen LogP contribution in [0.15, 0.2) is 4.99 Å². The van der Waals surface area contributed by atoms with Crippen molar-refractivity contribution in [3.05, 3.63) is 0 Å². The molecule has 1 saturated carbocycles. The van der Waals surface area contributed by atoms with Gasteiger partial charge in [-0.15, -0.1) is 24.0 Å². The quantitative estimate of drug-likeness (QED) is 0.463. The molecule has 1 rings (SSSR count). The SMILES string of the molecule is CN(C)CC(C)(C)CN=C(N)N(C)C1CC1.I. The highest BCUT2D eigenvalue weighted by molar-refractivity contribution is 14.0. The van der Waals surface area contributed by atoms with Crippen molar-refractivity contribution in [2.45, 2.75) is 32.7 Å². The highest BCUT2D eigenvalue weighted by Gasteiger charge is 2.27. The lowest BCUT2D eigenvalue weighted by atomic mass is 9.93. The van der Waals surface area contributed by atoms with Crippen molar-refractivity contribution in [2.75, 3.05) is 34.2 Å². The molecule has 1 fully saturated rings. The molecule has 0 heterocycles. The van der Waals surface area contributed by atoms with Gasteiger partial charge >= 0.3 is 0 Å². The van der Waals surface area contributed by atoms with Gasteiger partial charge in [-0.1, -0.05) is 13.8 Å². The molecule has 1 aliphatic rings. The highest BCUT2D eigenvalue weighted by atomic mass is 127. The summed E-state index contributed by atoms with van der Waals surface area (Å²) in [6.45, 7) is 6.26. The molecule has 102 valence electrons. The molecule has 0 aromatic carbocycles. The molecule has 5 heteroatoms. The van der Waals surface area contributed by atoms with E-state index in [-0.39, 0.29) is 29.4 Å². The summed E-state index contributed by atoms with van der Waals surface area (Å²) in [6.07, 6.45) is 2.52. The van der Waals surface area contributed by atoms with Crippen LogP contribution in [0.1, 0.15) is 26.7 Å². The first kappa shape index (κ1) is 17.0. The van der Waals surface area contributed by atoms with Gasteiger partial charge in [-0.3, -0.25) is 4.99 Å². The van der Waals surface area contributed by atoms with Crippen molar-refractivity contribution < 1.29 is 0 Å². The third-order valence-electron chi connectivity index (χ3n) is 2.87. The van der Waals surface area contributed by atoms with E-state index in [1.54, 1.807) is 0 Å². The highest BCUT2D eigenvalue weighted by Crippen LogP contribution is 2.25. The summed E-state index contributed by atoms with van der Waals surface area (Å²) in [4.78, 5) is 8.80. The van der Waals surface area contributed by atoms with Gasteiger partial charge in [0.15, 0.2) is 5.96 Å². The van der Waals surface area contributed by atoms with Gasteiger partial charge < -0.3 is 15.5 Å². The predicted octanol–water partition coefficient (Wildman–Crippen LogP) is 1.60. The van der Waals surface area contributed by atoms with Gasteiger partial charge in [-0.25, -0.2) is 0 Å². The molecule has 17 heavy (non-hydrogen) atoms. The van der Waals surface area contributed by atoms with Gasteiger partial charge in [0, 0.05) is 26.2 Å². The van der Waals surface area contributed by atoms with Gasteiger partial charge in [0.05, 0.1) is 0 Å². The number of nitrogens with two attached hydrogens (primary N) is 1. The zero-order chi connectivity index (χ0) is 12.3. The number of nitrogens with zero attached hydrogens (tertiary/aromatic N) is 3. The average Bonchev–Trinajstić information content (AvgIpc) is 2.94. The van der Waals surface area contributed by atoms with Crippen molar-refractivity contribution in [3.8, 4) is 0 Å². The predicted molar refractivity (Wildman–Crippen MR) is 85.0 cm³/mol. The molecule has 0 amide bonds. The van der Waals surface area contributed by atoms with Crippen molar-refractivity contribution >= 4 is 29.9 Å². The first-order chi connectivity index (χ1) is 7.32. The van der Waals surface area contributed by atoms with Gasteiger partial charge in [-0.05, 0) is 32.4 Å². The third-order valence-corrected chi connectivity index (χ3v) is 2.87. The fourth-order valence-corrected chi connectivity index (χ4v) is 1.96. The van der Waals surface area contributed by atoms with Gasteiger partial charge in [0.2, 0.25) is 0 Å². The lowest BCUT2D eigenvalue weighted by molar-refractivity contribution is 0.248. The molecule has 0 atom stereocenters. The number of hydrogen-bond acceptors (Lipinski definition) is 2. The minimum Gasteiger partial charge on any atom is -0.370 e. The summed E-state index contributed by atoms with van der Waals surface area (Å²) in [6, 6.07) is 0.640. The average molecular weight is 354 g/mol. The van der Waals surface area contributed by atoms with E-state index in [1.165, 1.54) is 12.8 Å². The van der Waals surface area contributed by atoms with Crippen molar-refractivity contribution in [1.29, 1.82) is 0 Å². The maximum atomic E-state index is 5.96. The summed E-state index contributed by atoms with van der Waals surface area (Å²) >= 11 is 0. The summed E-state index contributed by atoms with van der Waals surface area (Å²) in [7, 11) is 6.21. The van der Waals surface area contributed by atoms with Crippen LogP contribution in [0.5, 0.6) is 0 Å². The lowest BCUT2D eigenvalue weighted by Gasteiger charge is -2.27. The first-order valence-corrected chi connectivity index (χ1v) is 5.99. The molecular formula is C12H27IN4. The zero-order valence-corrected chi connectivity index (χ0v) is 14.1. The molecule has 0 bridgehead atoms. The Hall–Kier alpha value is -0.0400. The molecular weight excluding hydrogens is 327 g/mol. The molecule has 4 nitrogen and oxygen atoms in total. The number of rotatable bonds is 5. The summed E-state index contributed by atoms with van der Waals surface area (Å²) in [5.74, 6) is 0.689. The van der Waals surface area contributed by atoms with Crippen LogP contribution >= 0.6 is 24.0 Å². The van der Waals surface area contributed by atoms with E-state index in [9.17, 15) is 0 Å². The minimum atomic E-state index is 0. The zero-order valence-electron chi connectivity index (χ0n) is 11.7. The molecule has 0 saturated heterocycles. The fourth-order valence-electron chi connectivity index (χ4n) is 1.96. The van der Waals surface area contributed by atoms with E-state index in [2.05, 4.69) is 42.7 Å². The van der Waals surface area contributed by atoms with Crippen LogP contribution in [0.4, 0.5) is 0 Å². The van der Waals surface area contributed by atoms with E-state index in [0.717, 1.165) is 13.1 Å². The van der Waals surface area contributed by atoms with Crippen LogP contribution in [0.2, 0.25) is 0 Å². The molecule has 0 unspecified atom stereocenters. The Labute approximate surface area is 123 Å². The summed E-state index contributed by atoms with van der Waals surface area (Å²) < 4.78 is 0. The molecule has 0 aromatic rings. The topological polar surface area (TPSA) is 44.9 Å². The first-order valence-electron chi connectivity index (χ1n) is 5.99. The molecule has 0 aromatic heterocycles. The Morgan fingerprint density at radius 1 is 1.29 bits per heavy atom. The molecule has 0 radical (unpaired) electrons. The Morgan fingerprint density at radius 3 is 2.24 bits per heavy atom. The fraction of sp³-hybridized carbons (Fsp3) is 0.917. The van der Waals surface area contributed by atoms with E-state index in [1.807, 2.05) is 7.05 Å². The smallest absolute Gasteiger partial charge is 0.191 e. The molecule has 0 aliphatic heterocycles.